The van der Waals surface area contributed by atoms with Gasteiger partial charge in [-0.2, -0.15) is 0 Å². The number of carbonyl (C=O) groups excluding carboxylic acids is 1. The standard InChI is InChI=1S/C28H33N5O3/c1-27(2)13-21-14-28(3,17-27)18-32(21)19-33-23-12-8-7-11-22(23)25(26(33)35)31-30-24(34)16-36-29-15-20-9-5-4-6-10-20/h4-12,15,21,35H,13-14,16-19H2,1-3H3/b29-15-,31-30?/t21-,28-/m1/s1. The van der Waals surface area contributed by atoms with Crippen molar-refractivity contribution < 1.29 is 14.7 Å². The number of nitrogens with zero attached hydrogens (tertiary/aromatic N) is 5. The molecule has 188 valence electrons. The lowest BCUT2D eigenvalue weighted by Gasteiger charge is -2.40. The summed E-state index contributed by atoms with van der Waals surface area (Å²) in [5.74, 6) is -0.568. The quantitative estimate of drug-likeness (QED) is 0.256. The number of azo groups is 1. The molecule has 2 heterocycles. The predicted octanol–water partition coefficient (Wildman–Crippen LogP) is 5.87. The molecule has 36 heavy (non-hydrogen) atoms. The van der Waals surface area contributed by atoms with Crippen LogP contribution in [-0.2, 0) is 16.3 Å². The van der Waals surface area contributed by atoms with Crippen molar-refractivity contribution in [1.29, 1.82) is 0 Å². The smallest absolute Gasteiger partial charge is 0.304 e. The fourth-order valence-corrected chi connectivity index (χ4v) is 6.30. The van der Waals surface area contributed by atoms with Crippen LogP contribution in [0.4, 0.5) is 5.69 Å². The Balaban J connectivity index is 1.31. The summed E-state index contributed by atoms with van der Waals surface area (Å²) in [5.41, 5.74) is 2.64. The zero-order chi connectivity index (χ0) is 25.3. The molecule has 2 aromatic carbocycles. The fourth-order valence-electron chi connectivity index (χ4n) is 6.30. The summed E-state index contributed by atoms with van der Waals surface area (Å²) in [7, 11) is 0. The number of likely N-dealkylation sites (tertiary alicyclic amines) is 1. The number of para-hydroxylation sites is 1. The minimum Gasteiger partial charge on any atom is -0.493 e. The van der Waals surface area contributed by atoms with E-state index < -0.39 is 5.91 Å². The van der Waals surface area contributed by atoms with E-state index in [4.69, 9.17) is 4.84 Å². The number of fused-ring (bicyclic) bond motifs is 3. The summed E-state index contributed by atoms with van der Waals surface area (Å²) in [5, 5.41) is 23.6. The van der Waals surface area contributed by atoms with Crippen molar-refractivity contribution in [2.75, 3.05) is 13.2 Å². The van der Waals surface area contributed by atoms with Crippen molar-refractivity contribution in [1.82, 2.24) is 9.47 Å². The number of carbonyl (C=O) groups is 1. The number of aromatic nitrogens is 1. The Bertz CT molecular complexity index is 1310. The van der Waals surface area contributed by atoms with Crippen LogP contribution in [0.5, 0.6) is 5.88 Å². The lowest BCUT2D eigenvalue weighted by atomic mass is 9.65. The highest BCUT2D eigenvalue weighted by Gasteiger charge is 2.49. The number of hydrogen-bond donors (Lipinski definition) is 1. The molecule has 1 N–H and O–H groups in total. The molecule has 2 atom stereocenters. The molecule has 0 unspecified atom stereocenters. The monoisotopic (exact) mass is 487 g/mol. The summed E-state index contributed by atoms with van der Waals surface area (Å²) < 4.78 is 1.88. The van der Waals surface area contributed by atoms with Crippen LogP contribution in [0.2, 0.25) is 0 Å². The van der Waals surface area contributed by atoms with Crippen LogP contribution in [-0.4, -0.2) is 45.9 Å². The van der Waals surface area contributed by atoms with Gasteiger partial charge in [0.15, 0.2) is 12.3 Å². The van der Waals surface area contributed by atoms with Crippen molar-refractivity contribution in [3.8, 4) is 5.88 Å². The Morgan fingerprint density at radius 3 is 2.67 bits per heavy atom. The number of benzene rings is 2. The molecule has 1 aromatic heterocycles. The van der Waals surface area contributed by atoms with Gasteiger partial charge in [0.2, 0.25) is 5.88 Å². The summed E-state index contributed by atoms with van der Waals surface area (Å²) in [6.07, 6.45) is 5.07. The number of oxime groups is 1. The molecule has 1 aliphatic carbocycles. The number of aromatic hydroxyl groups is 1. The van der Waals surface area contributed by atoms with E-state index in [1.807, 2.05) is 59.2 Å². The van der Waals surface area contributed by atoms with E-state index in [1.54, 1.807) is 0 Å². The maximum Gasteiger partial charge on any atom is 0.304 e. The largest absolute Gasteiger partial charge is 0.493 e. The third-order valence-corrected chi connectivity index (χ3v) is 7.29. The Kier molecular flexibility index (Phi) is 6.38. The van der Waals surface area contributed by atoms with Crippen LogP contribution in [0.25, 0.3) is 10.9 Å². The van der Waals surface area contributed by atoms with Crippen molar-refractivity contribution >= 4 is 28.7 Å². The average molecular weight is 488 g/mol. The van der Waals surface area contributed by atoms with Gasteiger partial charge in [0.1, 0.15) is 0 Å². The first-order chi connectivity index (χ1) is 17.2. The van der Waals surface area contributed by atoms with Gasteiger partial charge in [-0.15, -0.1) is 10.2 Å². The van der Waals surface area contributed by atoms with Crippen LogP contribution < -0.4 is 0 Å². The lowest BCUT2D eigenvalue weighted by molar-refractivity contribution is -0.122. The maximum atomic E-state index is 12.2. The predicted molar refractivity (Wildman–Crippen MR) is 139 cm³/mol. The van der Waals surface area contributed by atoms with Crippen molar-refractivity contribution in [2.24, 2.45) is 26.2 Å². The van der Waals surface area contributed by atoms with E-state index in [0.29, 0.717) is 29.2 Å². The van der Waals surface area contributed by atoms with Gasteiger partial charge in [-0.05, 0) is 41.7 Å². The van der Waals surface area contributed by atoms with Gasteiger partial charge < -0.3 is 9.94 Å². The van der Waals surface area contributed by atoms with Gasteiger partial charge in [-0.3, -0.25) is 14.3 Å². The molecule has 3 aromatic rings. The Morgan fingerprint density at radius 1 is 1.11 bits per heavy atom. The van der Waals surface area contributed by atoms with Gasteiger partial charge in [-0.1, -0.05) is 74.5 Å². The molecule has 1 saturated heterocycles. The summed E-state index contributed by atoms with van der Waals surface area (Å²) in [6, 6.07) is 17.6. The molecule has 5 rings (SSSR count). The maximum absolute atomic E-state index is 12.2. The van der Waals surface area contributed by atoms with Gasteiger partial charge in [0, 0.05) is 18.0 Å². The van der Waals surface area contributed by atoms with Crippen LogP contribution in [0, 0.1) is 10.8 Å². The first-order valence-electron chi connectivity index (χ1n) is 12.4. The van der Waals surface area contributed by atoms with Gasteiger partial charge in [0.05, 0.1) is 18.4 Å². The third kappa shape index (κ3) is 5.04. The first kappa shape index (κ1) is 24.2. The van der Waals surface area contributed by atoms with E-state index in [1.165, 1.54) is 19.1 Å². The summed E-state index contributed by atoms with van der Waals surface area (Å²) >= 11 is 0. The summed E-state index contributed by atoms with van der Waals surface area (Å²) in [6.45, 7) is 8.33. The van der Waals surface area contributed by atoms with E-state index >= 15 is 0 Å². The van der Waals surface area contributed by atoms with Crippen LogP contribution in [0.3, 0.4) is 0 Å². The van der Waals surface area contributed by atoms with E-state index in [2.05, 4.69) is 41.1 Å². The van der Waals surface area contributed by atoms with E-state index in [0.717, 1.165) is 29.4 Å². The van der Waals surface area contributed by atoms with Gasteiger partial charge in [0.25, 0.3) is 0 Å². The second-order valence-electron chi connectivity index (χ2n) is 11.2. The minimum absolute atomic E-state index is 0.0154. The topological polar surface area (TPSA) is 91.8 Å². The SMILES string of the molecule is CC1(C)C[C@@H]2C[C@@](C)(CN2Cn2c(O)c(N=NC(=O)CO/N=C\c3ccccc3)c3ccccc32)C1. The second kappa shape index (κ2) is 9.50. The number of amides is 1. The number of rotatable bonds is 7. The highest BCUT2D eigenvalue weighted by molar-refractivity contribution is 5.95. The van der Waals surface area contributed by atoms with Crippen molar-refractivity contribution in [3.63, 3.8) is 0 Å². The summed E-state index contributed by atoms with van der Waals surface area (Å²) in [4.78, 5) is 19.8. The molecule has 2 aliphatic rings. The second-order valence-corrected chi connectivity index (χ2v) is 11.2. The van der Waals surface area contributed by atoms with Crippen LogP contribution >= 0.6 is 0 Å². The van der Waals surface area contributed by atoms with Gasteiger partial charge >= 0.3 is 5.91 Å². The Morgan fingerprint density at radius 2 is 1.86 bits per heavy atom. The zero-order valence-corrected chi connectivity index (χ0v) is 21.1. The average Bonchev–Trinajstić information content (AvgIpc) is 3.24. The molecular formula is C28H33N5O3. The van der Waals surface area contributed by atoms with E-state index in [9.17, 15) is 9.90 Å². The minimum atomic E-state index is -0.583. The zero-order valence-electron chi connectivity index (χ0n) is 21.1. The van der Waals surface area contributed by atoms with Crippen molar-refractivity contribution in [3.05, 3.63) is 60.2 Å². The molecule has 0 spiro atoms. The highest BCUT2D eigenvalue weighted by Crippen LogP contribution is 2.53. The highest BCUT2D eigenvalue weighted by atomic mass is 16.6. The lowest BCUT2D eigenvalue weighted by Crippen LogP contribution is -2.35. The molecule has 1 amide bonds. The normalized spacial score (nSPS) is 23.7. The molecule has 8 nitrogen and oxygen atoms in total. The Hall–Kier alpha value is -3.52. The molecule has 1 aliphatic heterocycles. The molecular weight excluding hydrogens is 454 g/mol. The molecule has 0 radical (unpaired) electrons. The molecule has 8 heteroatoms. The van der Waals surface area contributed by atoms with Crippen molar-refractivity contribution in [2.45, 2.75) is 52.7 Å². The molecule has 2 bridgehead atoms. The fraction of sp³-hybridized carbons (Fsp3) is 0.429. The first-order valence-corrected chi connectivity index (χ1v) is 12.4. The molecule has 1 saturated carbocycles. The van der Waals surface area contributed by atoms with Crippen LogP contribution in [0.15, 0.2) is 70.0 Å². The van der Waals surface area contributed by atoms with E-state index in [-0.39, 0.29) is 12.5 Å². The molecule has 2 fully saturated rings. The Labute approximate surface area is 211 Å². The number of hydrogen-bond acceptors (Lipinski definition) is 6. The third-order valence-electron chi connectivity index (χ3n) is 7.29. The van der Waals surface area contributed by atoms with Gasteiger partial charge in [-0.25, -0.2) is 0 Å². The van der Waals surface area contributed by atoms with Crippen LogP contribution in [0.1, 0.15) is 45.6 Å².